The number of fused-ring (bicyclic) bond motifs is 3. The largest absolute Gasteiger partial charge is 0.504 e. The lowest BCUT2D eigenvalue weighted by Crippen LogP contribution is -2.43. The maximum absolute atomic E-state index is 13.3. The number of carbonyl (C=O) groups is 1. The third-order valence-electron chi connectivity index (χ3n) is 7.65. The van der Waals surface area contributed by atoms with Gasteiger partial charge >= 0.3 is 0 Å². The quantitative estimate of drug-likeness (QED) is 0.747. The Morgan fingerprint density at radius 3 is 2.60 bits per heavy atom. The van der Waals surface area contributed by atoms with Gasteiger partial charge in [-0.2, -0.15) is 0 Å². The number of Topliss-reactive ketones (excluding diaryl/α,β-unsaturated/α-hetero) is 1. The van der Waals surface area contributed by atoms with Crippen LogP contribution < -0.4 is 0 Å². The van der Waals surface area contributed by atoms with Crippen LogP contribution in [-0.2, 0) is 15.1 Å². The number of ketones is 1. The highest BCUT2D eigenvalue weighted by atomic mass is 16.5. The zero-order valence-corrected chi connectivity index (χ0v) is 15.3. The van der Waals surface area contributed by atoms with Crippen molar-refractivity contribution in [3.8, 4) is 11.5 Å². The Hall–Kier alpha value is -1.55. The van der Waals surface area contributed by atoms with Gasteiger partial charge in [0, 0.05) is 11.1 Å². The average molecular weight is 342 g/mol. The number of benzene rings is 1. The summed E-state index contributed by atoms with van der Waals surface area (Å²) in [5.41, 5.74) is 0.815. The molecule has 1 aromatic rings. The summed E-state index contributed by atoms with van der Waals surface area (Å²) < 4.78 is 6.35. The molecule has 1 unspecified atom stereocenters. The molecule has 2 bridgehead atoms. The van der Waals surface area contributed by atoms with Crippen molar-refractivity contribution >= 4 is 5.78 Å². The van der Waals surface area contributed by atoms with E-state index in [0.29, 0.717) is 5.56 Å². The molecular weight excluding hydrogens is 316 g/mol. The molecular formula is C21H26O4. The van der Waals surface area contributed by atoms with Gasteiger partial charge in [0.15, 0.2) is 22.9 Å². The number of hydrogen-bond donors (Lipinski definition) is 2. The predicted octanol–water partition coefficient (Wildman–Crippen LogP) is 4.29. The van der Waals surface area contributed by atoms with E-state index in [-0.39, 0.29) is 40.6 Å². The van der Waals surface area contributed by atoms with Crippen LogP contribution in [0.2, 0.25) is 0 Å². The van der Waals surface area contributed by atoms with Crippen LogP contribution in [0.1, 0.15) is 82.1 Å². The zero-order valence-electron chi connectivity index (χ0n) is 15.3. The molecule has 5 rings (SSSR count). The van der Waals surface area contributed by atoms with E-state index in [9.17, 15) is 15.0 Å². The van der Waals surface area contributed by atoms with Gasteiger partial charge in [0.2, 0.25) is 0 Å². The molecule has 4 nitrogen and oxygen atoms in total. The summed E-state index contributed by atoms with van der Waals surface area (Å²) in [6.07, 6.45) is 3.64. The van der Waals surface area contributed by atoms with Gasteiger partial charge in [-0.3, -0.25) is 4.79 Å². The Kier molecular flexibility index (Phi) is 2.65. The van der Waals surface area contributed by atoms with E-state index < -0.39 is 11.0 Å². The number of ether oxygens (including phenoxy) is 1. The van der Waals surface area contributed by atoms with Gasteiger partial charge in [0.05, 0.1) is 11.5 Å². The van der Waals surface area contributed by atoms with E-state index in [0.717, 1.165) is 36.8 Å². The molecule has 1 saturated heterocycles. The highest BCUT2D eigenvalue weighted by Gasteiger charge is 2.88. The van der Waals surface area contributed by atoms with Crippen molar-refractivity contribution in [2.45, 2.75) is 71.0 Å². The first-order valence-electron chi connectivity index (χ1n) is 9.50. The summed E-state index contributed by atoms with van der Waals surface area (Å²) in [7, 11) is 0. The van der Waals surface area contributed by atoms with E-state index in [1.165, 1.54) is 0 Å². The molecule has 0 amide bonds. The third-order valence-corrected chi connectivity index (χ3v) is 7.65. The molecule has 0 aromatic heterocycles. The van der Waals surface area contributed by atoms with E-state index in [4.69, 9.17) is 4.74 Å². The Bertz CT molecular complexity index is 824. The summed E-state index contributed by atoms with van der Waals surface area (Å²) >= 11 is 0. The highest BCUT2D eigenvalue weighted by Crippen LogP contribution is 2.82. The molecule has 0 radical (unpaired) electrons. The Labute approximate surface area is 148 Å². The van der Waals surface area contributed by atoms with Crippen LogP contribution in [0.3, 0.4) is 0 Å². The Morgan fingerprint density at radius 2 is 1.92 bits per heavy atom. The van der Waals surface area contributed by atoms with Crippen molar-refractivity contribution in [2.75, 3.05) is 0 Å². The second-order valence-corrected chi connectivity index (χ2v) is 9.50. The molecule has 2 spiro atoms. The lowest BCUT2D eigenvalue weighted by atomic mass is 9.58. The van der Waals surface area contributed by atoms with Gasteiger partial charge in [0.25, 0.3) is 0 Å². The third kappa shape index (κ3) is 1.45. The fourth-order valence-electron chi connectivity index (χ4n) is 6.46. The van der Waals surface area contributed by atoms with E-state index >= 15 is 0 Å². The lowest BCUT2D eigenvalue weighted by Gasteiger charge is -2.48. The molecule has 2 heterocycles. The van der Waals surface area contributed by atoms with Gasteiger partial charge in [-0.05, 0) is 48.1 Å². The molecule has 2 aliphatic heterocycles. The smallest absolute Gasteiger partial charge is 0.180 e. The van der Waals surface area contributed by atoms with Crippen LogP contribution >= 0.6 is 0 Å². The number of rotatable bonds is 1. The Morgan fingerprint density at radius 1 is 1.20 bits per heavy atom. The molecule has 25 heavy (non-hydrogen) atoms. The SMILES string of the molecule is CC(C)c1cc2c(c(O)c1O)[C@]13O[C@H]2CC2C(C)(C)CCC[C@@]21C3=O. The number of phenols is 2. The van der Waals surface area contributed by atoms with E-state index in [1.807, 2.05) is 19.9 Å². The van der Waals surface area contributed by atoms with Crippen molar-refractivity contribution in [2.24, 2.45) is 16.7 Å². The normalized spacial score (nSPS) is 39.8. The van der Waals surface area contributed by atoms with Gasteiger partial charge in [0.1, 0.15) is 0 Å². The molecule has 4 aliphatic rings. The minimum atomic E-state index is -1.01. The molecule has 3 fully saturated rings. The number of carbonyl (C=O) groups excluding carboxylic acids is 1. The number of phenolic OH excluding ortho intramolecular Hbond substituents is 2. The van der Waals surface area contributed by atoms with Crippen LogP contribution in [0.4, 0.5) is 0 Å². The number of aromatic hydroxyl groups is 2. The first-order valence-corrected chi connectivity index (χ1v) is 9.50. The second-order valence-electron chi connectivity index (χ2n) is 9.50. The molecule has 1 aromatic carbocycles. The summed E-state index contributed by atoms with van der Waals surface area (Å²) in [6.45, 7) is 8.52. The summed E-state index contributed by atoms with van der Waals surface area (Å²) in [4.78, 5) is 13.3. The van der Waals surface area contributed by atoms with Gasteiger partial charge < -0.3 is 14.9 Å². The molecule has 134 valence electrons. The molecule has 4 heteroatoms. The van der Waals surface area contributed by atoms with Crippen molar-refractivity contribution in [3.05, 3.63) is 22.8 Å². The first-order chi connectivity index (χ1) is 11.7. The minimum absolute atomic E-state index is 0.0826. The predicted molar refractivity (Wildman–Crippen MR) is 92.5 cm³/mol. The number of hydrogen-bond acceptors (Lipinski definition) is 4. The van der Waals surface area contributed by atoms with Crippen molar-refractivity contribution in [3.63, 3.8) is 0 Å². The molecule has 2 aliphatic carbocycles. The Balaban J connectivity index is 1.77. The van der Waals surface area contributed by atoms with Gasteiger partial charge in [-0.25, -0.2) is 0 Å². The van der Waals surface area contributed by atoms with E-state index in [1.54, 1.807) is 0 Å². The highest BCUT2D eigenvalue weighted by molar-refractivity contribution is 6.14. The summed E-state index contributed by atoms with van der Waals surface area (Å²) in [5.74, 6) is 0.290. The minimum Gasteiger partial charge on any atom is -0.504 e. The van der Waals surface area contributed by atoms with Crippen LogP contribution in [0.15, 0.2) is 6.07 Å². The average Bonchev–Trinajstić information content (AvgIpc) is 2.92. The molecule has 4 atom stereocenters. The van der Waals surface area contributed by atoms with Crippen molar-refractivity contribution in [1.82, 2.24) is 0 Å². The second kappa shape index (κ2) is 4.22. The standard InChI is InChI=1S/C21H26O4/c1-10(2)11-8-12-13-9-14-19(3,4)6-5-7-20(14)18(24)21(20,25-13)15(12)17(23)16(11)22/h8,10,13-14,22-23H,5-7,9H2,1-4H3/t13-,14?,20-,21+/m0/s1. The van der Waals surface area contributed by atoms with Crippen LogP contribution in [0, 0.1) is 16.7 Å². The topological polar surface area (TPSA) is 66.8 Å². The maximum Gasteiger partial charge on any atom is 0.180 e. The van der Waals surface area contributed by atoms with Crippen molar-refractivity contribution < 1.29 is 19.7 Å². The fourth-order valence-corrected chi connectivity index (χ4v) is 6.46. The van der Waals surface area contributed by atoms with Crippen LogP contribution in [0.25, 0.3) is 0 Å². The van der Waals surface area contributed by atoms with Crippen LogP contribution in [-0.4, -0.2) is 16.0 Å². The summed E-state index contributed by atoms with van der Waals surface area (Å²) in [6, 6.07) is 1.97. The van der Waals surface area contributed by atoms with E-state index in [2.05, 4.69) is 13.8 Å². The van der Waals surface area contributed by atoms with Gasteiger partial charge in [-0.1, -0.05) is 34.1 Å². The van der Waals surface area contributed by atoms with Crippen molar-refractivity contribution in [1.29, 1.82) is 0 Å². The monoisotopic (exact) mass is 342 g/mol. The fraction of sp³-hybridized carbons (Fsp3) is 0.667. The first kappa shape index (κ1) is 15.7. The molecule has 2 saturated carbocycles. The van der Waals surface area contributed by atoms with Gasteiger partial charge in [-0.15, -0.1) is 0 Å². The zero-order chi connectivity index (χ0) is 17.9. The maximum atomic E-state index is 13.3. The lowest BCUT2D eigenvalue weighted by molar-refractivity contribution is -0.138. The van der Waals surface area contributed by atoms with Crippen LogP contribution in [0.5, 0.6) is 11.5 Å². The summed E-state index contributed by atoms with van der Waals surface area (Å²) in [5, 5.41) is 21.4. The molecule has 2 N–H and O–H groups in total.